The van der Waals surface area contributed by atoms with E-state index in [2.05, 4.69) is 0 Å². The summed E-state index contributed by atoms with van der Waals surface area (Å²) in [5.74, 6) is -0.842. The van der Waals surface area contributed by atoms with Gasteiger partial charge in [-0.2, -0.15) is 0 Å². The van der Waals surface area contributed by atoms with Crippen molar-refractivity contribution in [3.63, 3.8) is 0 Å². The van der Waals surface area contributed by atoms with Gasteiger partial charge in [0.2, 0.25) is 6.43 Å². The van der Waals surface area contributed by atoms with Crippen LogP contribution in [0.5, 0.6) is 0 Å². The van der Waals surface area contributed by atoms with E-state index in [1.54, 1.807) is 23.9 Å². The molecule has 4 heteroatoms. The molecule has 0 aliphatic rings. The predicted molar refractivity (Wildman–Crippen MR) is 56.0 cm³/mol. The fourth-order valence-corrected chi connectivity index (χ4v) is 1.64. The summed E-state index contributed by atoms with van der Waals surface area (Å²) in [7, 11) is 0. The first kappa shape index (κ1) is 11.5. The summed E-state index contributed by atoms with van der Waals surface area (Å²) >= 11 is 1.59. The Kier molecular flexibility index (Phi) is 4.35. The Bertz CT molecular complexity index is 274. The van der Waals surface area contributed by atoms with Crippen LogP contribution in [0, 0.1) is 0 Å². The van der Waals surface area contributed by atoms with Crippen molar-refractivity contribution in [2.45, 2.75) is 17.2 Å². The molecule has 1 unspecified atom stereocenters. The van der Waals surface area contributed by atoms with Crippen LogP contribution in [-0.4, -0.2) is 19.2 Å². The first-order valence-corrected chi connectivity index (χ1v) is 5.53. The molecule has 2 N–H and O–H groups in total. The van der Waals surface area contributed by atoms with Gasteiger partial charge in [0.1, 0.15) is 0 Å². The molecule has 78 valence electrons. The van der Waals surface area contributed by atoms with Gasteiger partial charge in [0.05, 0.1) is 5.92 Å². The number of hydrogen-bond donors (Lipinski definition) is 1. The van der Waals surface area contributed by atoms with E-state index in [1.165, 1.54) is 0 Å². The highest BCUT2D eigenvalue weighted by molar-refractivity contribution is 7.98. The molecular formula is C10H13F2NS. The molecule has 0 spiro atoms. The Morgan fingerprint density at radius 3 is 2.21 bits per heavy atom. The van der Waals surface area contributed by atoms with E-state index in [-0.39, 0.29) is 6.54 Å². The molecule has 0 saturated carbocycles. The van der Waals surface area contributed by atoms with E-state index >= 15 is 0 Å². The third-order valence-corrected chi connectivity index (χ3v) is 2.85. The van der Waals surface area contributed by atoms with Crippen LogP contribution < -0.4 is 5.73 Å². The highest BCUT2D eigenvalue weighted by atomic mass is 32.2. The lowest BCUT2D eigenvalue weighted by Gasteiger charge is -2.13. The molecule has 0 bridgehead atoms. The maximum atomic E-state index is 12.5. The first-order valence-electron chi connectivity index (χ1n) is 4.31. The topological polar surface area (TPSA) is 26.0 Å². The Balaban J connectivity index is 2.84. The van der Waals surface area contributed by atoms with Crippen molar-refractivity contribution in [3.05, 3.63) is 29.8 Å². The quantitative estimate of drug-likeness (QED) is 0.785. The van der Waals surface area contributed by atoms with Crippen molar-refractivity contribution >= 4 is 11.8 Å². The number of thioether (sulfide) groups is 1. The van der Waals surface area contributed by atoms with Crippen molar-refractivity contribution in [3.8, 4) is 0 Å². The zero-order valence-electron chi connectivity index (χ0n) is 7.91. The molecule has 14 heavy (non-hydrogen) atoms. The predicted octanol–water partition coefficient (Wildman–Crippen LogP) is 2.72. The monoisotopic (exact) mass is 217 g/mol. The fraction of sp³-hybridized carbons (Fsp3) is 0.400. The molecule has 1 aromatic carbocycles. The fourth-order valence-electron chi connectivity index (χ4n) is 1.24. The second kappa shape index (κ2) is 5.32. The molecule has 0 heterocycles. The van der Waals surface area contributed by atoms with Crippen LogP contribution in [0.4, 0.5) is 8.78 Å². The van der Waals surface area contributed by atoms with Crippen LogP contribution in [0.1, 0.15) is 11.5 Å². The lowest BCUT2D eigenvalue weighted by molar-refractivity contribution is 0.117. The molecule has 0 aliphatic carbocycles. The molecule has 1 nitrogen and oxygen atoms in total. The van der Waals surface area contributed by atoms with Gasteiger partial charge in [0.15, 0.2) is 0 Å². The van der Waals surface area contributed by atoms with Crippen LogP contribution in [0.25, 0.3) is 0 Å². The number of alkyl halides is 2. The van der Waals surface area contributed by atoms with Crippen molar-refractivity contribution < 1.29 is 8.78 Å². The number of benzene rings is 1. The summed E-state index contributed by atoms with van der Waals surface area (Å²) in [4.78, 5) is 1.07. The van der Waals surface area contributed by atoms with Gasteiger partial charge < -0.3 is 5.73 Å². The number of hydrogen-bond acceptors (Lipinski definition) is 2. The zero-order valence-corrected chi connectivity index (χ0v) is 8.73. The van der Waals surface area contributed by atoms with Gasteiger partial charge in [-0.1, -0.05) is 12.1 Å². The van der Waals surface area contributed by atoms with Gasteiger partial charge in [-0.25, -0.2) is 8.78 Å². The first-order chi connectivity index (χ1) is 6.69. The van der Waals surface area contributed by atoms with Crippen LogP contribution in [0.15, 0.2) is 29.2 Å². The Labute approximate surface area is 86.7 Å². The summed E-state index contributed by atoms with van der Waals surface area (Å²) < 4.78 is 25.0. The standard InChI is InChI=1S/C10H13F2NS/c1-14-8-4-2-7(3-5-8)9(6-13)10(11)12/h2-5,9-10H,6,13H2,1H3. The maximum Gasteiger partial charge on any atom is 0.246 e. The van der Waals surface area contributed by atoms with E-state index in [0.29, 0.717) is 5.56 Å². The molecule has 0 radical (unpaired) electrons. The van der Waals surface area contributed by atoms with Crippen molar-refractivity contribution in [2.75, 3.05) is 12.8 Å². The lowest BCUT2D eigenvalue weighted by atomic mass is 10.0. The van der Waals surface area contributed by atoms with Gasteiger partial charge in [-0.05, 0) is 24.0 Å². The van der Waals surface area contributed by atoms with Gasteiger partial charge in [-0.15, -0.1) is 11.8 Å². The minimum absolute atomic E-state index is 0.0176. The summed E-state index contributed by atoms with van der Waals surface area (Å²) in [6.45, 7) is -0.0176. The van der Waals surface area contributed by atoms with E-state index in [1.807, 2.05) is 18.4 Å². The molecule has 0 aromatic heterocycles. The van der Waals surface area contributed by atoms with Crippen molar-refractivity contribution in [1.82, 2.24) is 0 Å². The summed E-state index contributed by atoms with van der Waals surface area (Å²) in [5, 5.41) is 0. The van der Waals surface area contributed by atoms with Crippen LogP contribution in [-0.2, 0) is 0 Å². The Morgan fingerprint density at radius 2 is 1.86 bits per heavy atom. The minimum atomic E-state index is -2.39. The van der Waals surface area contributed by atoms with E-state index in [4.69, 9.17) is 5.73 Å². The molecule has 0 fully saturated rings. The molecular weight excluding hydrogens is 204 g/mol. The maximum absolute atomic E-state index is 12.5. The molecule has 1 atom stereocenters. The number of nitrogens with two attached hydrogens (primary N) is 1. The molecule has 0 aliphatic heterocycles. The van der Waals surface area contributed by atoms with Crippen molar-refractivity contribution in [2.24, 2.45) is 5.73 Å². The average Bonchev–Trinajstić information content (AvgIpc) is 2.19. The van der Waals surface area contributed by atoms with Crippen LogP contribution in [0.2, 0.25) is 0 Å². The minimum Gasteiger partial charge on any atom is -0.330 e. The van der Waals surface area contributed by atoms with Crippen molar-refractivity contribution in [1.29, 1.82) is 0 Å². The van der Waals surface area contributed by atoms with E-state index in [9.17, 15) is 8.78 Å². The van der Waals surface area contributed by atoms with Crippen LogP contribution >= 0.6 is 11.8 Å². The van der Waals surface area contributed by atoms with E-state index in [0.717, 1.165) is 4.90 Å². The third kappa shape index (κ3) is 2.69. The SMILES string of the molecule is CSc1ccc(C(CN)C(F)F)cc1. The van der Waals surface area contributed by atoms with Crippen LogP contribution in [0.3, 0.4) is 0 Å². The highest BCUT2D eigenvalue weighted by Gasteiger charge is 2.20. The Morgan fingerprint density at radius 1 is 1.29 bits per heavy atom. The second-order valence-electron chi connectivity index (χ2n) is 2.95. The highest BCUT2D eigenvalue weighted by Crippen LogP contribution is 2.24. The molecule has 0 amide bonds. The van der Waals surface area contributed by atoms with Gasteiger partial charge in [-0.3, -0.25) is 0 Å². The van der Waals surface area contributed by atoms with Gasteiger partial charge >= 0.3 is 0 Å². The number of rotatable bonds is 4. The smallest absolute Gasteiger partial charge is 0.246 e. The molecule has 0 saturated heterocycles. The van der Waals surface area contributed by atoms with Gasteiger partial charge in [0.25, 0.3) is 0 Å². The third-order valence-electron chi connectivity index (χ3n) is 2.10. The second-order valence-corrected chi connectivity index (χ2v) is 3.83. The summed E-state index contributed by atoms with van der Waals surface area (Å²) in [5.41, 5.74) is 5.90. The average molecular weight is 217 g/mol. The molecule has 1 rings (SSSR count). The lowest BCUT2D eigenvalue weighted by Crippen LogP contribution is -2.19. The summed E-state index contributed by atoms with van der Waals surface area (Å²) in [6.07, 6.45) is -0.442. The normalized spacial score (nSPS) is 13.2. The summed E-state index contributed by atoms with van der Waals surface area (Å²) in [6, 6.07) is 7.11. The van der Waals surface area contributed by atoms with Gasteiger partial charge in [0, 0.05) is 11.4 Å². The van der Waals surface area contributed by atoms with E-state index < -0.39 is 12.3 Å². The number of halogens is 2. The largest absolute Gasteiger partial charge is 0.330 e. The Hall–Kier alpha value is -0.610. The molecule has 1 aromatic rings. The zero-order chi connectivity index (χ0) is 10.6.